The molecule has 3 N–H and O–H groups in total. The van der Waals surface area contributed by atoms with Crippen molar-refractivity contribution in [3.8, 4) is 0 Å². The maximum atomic E-state index is 12.4. The topological polar surface area (TPSA) is 79.5 Å². The van der Waals surface area contributed by atoms with Gasteiger partial charge in [-0.2, -0.15) is 0 Å². The van der Waals surface area contributed by atoms with E-state index in [1.807, 2.05) is 4.90 Å². The van der Waals surface area contributed by atoms with Crippen LogP contribution in [0.4, 0.5) is 5.69 Å². The van der Waals surface area contributed by atoms with Crippen molar-refractivity contribution in [2.24, 2.45) is 0 Å². The third-order valence-electron chi connectivity index (χ3n) is 3.42. The molecule has 1 aliphatic carbocycles. The molecule has 1 amide bonds. The summed E-state index contributed by atoms with van der Waals surface area (Å²) in [6.07, 6.45) is 6.93. The molecule has 1 fully saturated rings. The Morgan fingerprint density at radius 2 is 2.33 bits per heavy atom. The van der Waals surface area contributed by atoms with E-state index in [9.17, 15) is 4.79 Å². The number of nitrogens with two attached hydrogens (primary N) is 1. The number of nitrogen functional groups attached to an aromatic ring is 1. The third kappa shape index (κ3) is 2.61. The first-order valence-electron chi connectivity index (χ1n) is 6.35. The molecule has 0 spiro atoms. The number of aliphatic hydroxyl groups is 1. The number of amides is 1. The minimum Gasteiger partial charge on any atom is -0.397 e. The van der Waals surface area contributed by atoms with Gasteiger partial charge < -0.3 is 15.7 Å². The fourth-order valence-corrected chi connectivity index (χ4v) is 2.15. The highest BCUT2D eigenvalue weighted by Crippen LogP contribution is 2.27. The summed E-state index contributed by atoms with van der Waals surface area (Å²) < 4.78 is 0. The molecule has 0 aromatic carbocycles. The van der Waals surface area contributed by atoms with E-state index < -0.39 is 0 Å². The highest BCUT2D eigenvalue weighted by molar-refractivity contribution is 5.99. The SMILES string of the molecule is Nc1cnccc1C(=O)N(CCCO)C1CCC1. The van der Waals surface area contributed by atoms with Gasteiger partial charge in [-0.25, -0.2) is 0 Å². The lowest BCUT2D eigenvalue weighted by atomic mass is 9.90. The van der Waals surface area contributed by atoms with Gasteiger partial charge in [0.2, 0.25) is 0 Å². The lowest BCUT2D eigenvalue weighted by molar-refractivity contribution is 0.0563. The fourth-order valence-electron chi connectivity index (χ4n) is 2.15. The summed E-state index contributed by atoms with van der Waals surface area (Å²) in [7, 11) is 0. The highest BCUT2D eigenvalue weighted by Gasteiger charge is 2.29. The summed E-state index contributed by atoms with van der Waals surface area (Å²) in [6, 6.07) is 1.96. The minimum atomic E-state index is -0.0481. The van der Waals surface area contributed by atoms with Gasteiger partial charge in [0.25, 0.3) is 5.91 Å². The molecule has 18 heavy (non-hydrogen) atoms. The van der Waals surface area contributed by atoms with E-state index in [2.05, 4.69) is 4.98 Å². The Kier molecular flexibility index (Phi) is 4.15. The average molecular weight is 249 g/mol. The van der Waals surface area contributed by atoms with Gasteiger partial charge in [-0.05, 0) is 31.7 Å². The first kappa shape index (κ1) is 12.8. The number of carbonyl (C=O) groups is 1. The number of aromatic nitrogens is 1. The Hall–Kier alpha value is -1.62. The molecule has 0 atom stereocenters. The lowest BCUT2D eigenvalue weighted by Crippen LogP contribution is -2.45. The Bertz CT molecular complexity index is 418. The van der Waals surface area contributed by atoms with Crippen LogP contribution in [0.2, 0.25) is 0 Å². The molecule has 1 aromatic rings. The molecule has 0 aliphatic heterocycles. The fraction of sp³-hybridized carbons (Fsp3) is 0.538. The Labute approximate surface area is 107 Å². The Morgan fingerprint density at radius 1 is 1.56 bits per heavy atom. The van der Waals surface area contributed by atoms with Crippen LogP contribution < -0.4 is 5.73 Å². The van der Waals surface area contributed by atoms with E-state index >= 15 is 0 Å². The Balaban J connectivity index is 2.14. The standard InChI is InChI=1S/C13H19N3O2/c14-12-9-15-6-5-11(12)13(18)16(7-2-8-17)10-3-1-4-10/h5-6,9-10,17H,1-4,7-8,14H2. The maximum absolute atomic E-state index is 12.4. The Morgan fingerprint density at radius 3 is 2.89 bits per heavy atom. The molecule has 98 valence electrons. The van der Waals surface area contributed by atoms with Crippen molar-refractivity contribution in [2.45, 2.75) is 31.7 Å². The van der Waals surface area contributed by atoms with E-state index in [1.54, 1.807) is 12.3 Å². The zero-order valence-electron chi connectivity index (χ0n) is 10.4. The second-order valence-corrected chi connectivity index (χ2v) is 4.62. The molecule has 2 rings (SSSR count). The van der Waals surface area contributed by atoms with Gasteiger partial charge in [0.1, 0.15) is 0 Å². The zero-order valence-corrected chi connectivity index (χ0v) is 10.4. The summed E-state index contributed by atoms with van der Waals surface area (Å²) in [5, 5.41) is 8.92. The van der Waals surface area contributed by atoms with Crippen LogP contribution in [0.3, 0.4) is 0 Å². The van der Waals surface area contributed by atoms with E-state index in [0.717, 1.165) is 12.8 Å². The van der Waals surface area contributed by atoms with Crippen molar-refractivity contribution in [3.05, 3.63) is 24.0 Å². The number of hydrogen-bond donors (Lipinski definition) is 2. The van der Waals surface area contributed by atoms with Crippen molar-refractivity contribution in [2.75, 3.05) is 18.9 Å². The number of pyridine rings is 1. The molecule has 1 aliphatic rings. The number of aliphatic hydroxyl groups excluding tert-OH is 1. The summed E-state index contributed by atoms with van der Waals surface area (Å²) >= 11 is 0. The van der Waals surface area contributed by atoms with Gasteiger partial charge in [0, 0.05) is 25.4 Å². The second-order valence-electron chi connectivity index (χ2n) is 4.62. The number of anilines is 1. The van der Waals surface area contributed by atoms with Crippen LogP contribution in [0.15, 0.2) is 18.5 Å². The number of nitrogens with zero attached hydrogens (tertiary/aromatic N) is 2. The average Bonchev–Trinajstić information content (AvgIpc) is 2.32. The summed E-state index contributed by atoms with van der Waals surface area (Å²) in [5.74, 6) is -0.0481. The van der Waals surface area contributed by atoms with Crippen molar-refractivity contribution in [1.82, 2.24) is 9.88 Å². The minimum absolute atomic E-state index is 0.0481. The van der Waals surface area contributed by atoms with E-state index in [4.69, 9.17) is 10.8 Å². The summed E-state index contributed by atoms with van der Waals surface area (Å²) in [6.45, 7) is 0.685. The van der Waals surface area contributed by atoms with E-state index in [1.165, 1.54) is 12.6 Å². The third-order valence-corrected chi connectivity index (χ3v) is 3.42. The second kappa shape index (κ2) is 5.82. The first-order chi connectivity index (χ1) is 8.74. The van der Waals surface area contributed by atoms with Gasteiger partial charge in [0.05, 0.1) is 17.4 Å². The van der Waals surface area contributed by atoms with E-state index in [0.29, 0.717) is 30.3 Å². The molecule has 1 heterocycles. The van der Waals surface area contributed by atoms with Crippen LogP contribution in [-0.4, -0.2) is 40.1 Å². The molecule has 1 aromatic heterocycles. The van der Waals surface area contributed by atoms with Crippen LogP contribution in [-0.2, 0) is 0 Å². The summed E-state index contributed by atoms with van der Waals surface area (Å²) in [4.78, 5) is 18.2. The van der Waals surface area contributed by atoms with Gasteiger partial charge in [-0.3, -0.25) is 9.78 Å². The van der Waals surface area contributed by atoms with Crippen molar-refractivity contribution in [3.63, 3.8) is 0 Å². The van der Waals surface area contributed by atoms with Crippen molar-refractivity contribution >= 4 is 11.6 Å². The van der Waals surface area contributed by atoms with Gasteiger partial charge >= 0.3 is 0 Å². The monoisotopic (exact) mass is 249 g/mol. The first-order valence-corrected chi connectivity index (χ1v) is 6.35. The van der Waals surface area contributed by atoms with Gasteiger partial charge in [0.15, 0.2) is 0 Å². The van der Waals surface area contributed by atoms with Crippen molar-refractivity contribution in [1.29, 1.82) is 0 Å². The predicted molar refractivity (Wildman–Crippen MR) is 69.0 cm³/mol. The molecule has 0 unspecified atom stereocenters. The quantitative estimate of drug-likeness (QED) is 0.817. The normalized spacial score (nSPS) is 15.2. The molecule has 5 nitrogen and oxygen atoms in total. The van der Waals surface area contributed by atoms with Crippen LogP contribution in [0, 0.1) is 0 Å². The maximum Gasteiger partial charge on any atom is 0.256 e. The molecule has 1 saturated carbocycles. The van der Waals surface area contributed by atoms with Gasteiger partial charge in [-0.1, -0.05) is 0 Å². The largest absolute Gasteiger partial charge is 0.397 e. The van der Waals surface area contributed by atoms with Crippen LogP contribution >= 0.6 is 0 Å². The van der Waals surface area contributed by atoms with E-state index in [-0.39, 0.29) is 12.5 Å². The molecule has 5 heteroatoms. The predicted octanol–water partition coefficient (Wildman–Crippen LogP) is 1.04. The lowest BCUT2D eigenvalue weighted by Gasteiger charge is -2.37. The van der Waals surface area contributed by atoms with Gasteiger partial charge in [-0.15, -0.1) is 0 Å². The van der Waals surface area contributed by atoms with Crippen LogP contribution in [0.1, 0.15) is 36.0 Å². The summed E-state index contributed by atoms with van der Waals surface area (Å²) in [5.41, 5.74) is 6.71. The number of carbonyl (C=O) groups excluding carboxylic acids is 1. The smallest absolute Gasteiger partial charge is 0.256 e. The number of hydrogen-bond acceptors (Lipinski definition) is 4. The number of rotatable bonds is 5. The van der Waals surface area contributed by atoms with Crippen molar-refractivity contribution < 1.29 is 9.90 Å². The highest BCUT2D eigenvalue weighted by atomic mass is 16.3. The molecule has 0 radical (unpaired) electrons. The zero-order chi connectivity index (χ0) is 13.0. The molecule has 0 bridgehead atoms. The van der Waals surface area contributed by atoms with Crippen LogP contribution in [0.5, 0.6) is 0 Å². The molecular weight excluding hydrogens is 230 g/mol. The van der Waals surface area contributed by atoms with Crippen LogP contribution in [0.25, 0.3) is 0 Å². The molecule has 0 saturated heterocycles. The molecular formula is C13H19N3O2.